The van der Waals surface area contributed by atoms with E-state index in [1.54, 1.807) is 61.5 Å². The quantitative estimate of drug-likeness (QED) is 0.306. The molecule has 1 saturated heterocycles. The number of amides is 1. The van der Waals surface area contributed by atoms with Gasteiger partial charge in [-0.2, -0.15) is 0 Å². The van der Waals surface area contributed by atoms with Gasteiger partial charge in [0.25, 0.3) is 5.78 Å². The van der Waals surface area contributed by atoms with Gasteiger partial charge < -0.3 is 19.1 Å². The molecular formula is C26H26N2O6. The topological polar surface area (TPSA) is 102 Å². The lowest BCUT2D eigenvalue weighted by atomic mass is 9.95. The molecule has 0 saturated carbocycles. The maximum Gasteiger partial charge on any atom is 0.301 e. The number of Topliss-reactive ketones (excluding diaryl/α,β-unsaturated/α-hetero) is 1. The predicted molar refractivity (Wildman–Crippen MR) is 126 cm³/mol. The van der Waals surface area contributed by atoms with Crippen LogP contribution in [0.3, 0.4) is 0 Å². The summed E-state index contributed by atoms with van der Waals surface area (Å²) in [5, 5.41) is 15.1. The van der Waals surface area contributed by atoms with Crippen LogP contribution in [0.25, 0.3) is 5.76 Å². The normalized spacial score (nSPS) is 17.4. The molecule has 0 unspecified atom stereocenters. The van der Waals surface area contributed by atoms with Gasteiger partial charge in [-0.05, 0) is 69.7 Å². The number of aromatic nitrogens is 1. The molecule has 1 amide bonds. The maximum absolute atomic E-state index is 13.2. The van der Waals surface area contributed by atoms with E-state index < -0.39 is 17.7 Å². The van der Waals surface area contributed by atoms with Crippen LogP contribution in [0.4, 0.5) is 5.82 Å². The monoisotopic (exact) mass is 462 g/mol. The highest BCUT2D eigenvalue weighted by Crippen LogP contribution is 2.42. The number of aliphatic hydroxyl groups is 1. The molecule has 0 spiro atoms. The van der Waals surface area contributed by atoms with E-state index in [1.807, 2.05) is 20.8 Å². The van der Waals surface area contributed by atoms with Gasteiger partial charge in [0, 0.05) is 11.6 Å². The van der Waals surface area contributed by atoms with Crippen LogP contribution in [0.1, 0.15) is 43.7 Å². The summed E-state index contributed by atoms with van der Waals surface area (Å²) in [5.74, 6) is 0.0831. The van der Waals surface area contributed by atoms with Crippen molar-refractivity contribution in [2.75, 3.05) is 11.5 Å². The van der Waals surface area contributed by atoms with E-state index in [0.29, 0.717) is 35.0 Å². The van der Waals surface area contributed by atoms with Gasteiger partial charge in [-0.15, -0.1) is 0 Å². The summed E-state index contributed by atoms with van der Waals surface area (Å²) in [5.41, 5.74) is 0.971. The van der Waals surface area contributed by atoms with Gasteiger partial charge >= 0.3 is 5.91 Å². The van der Waals surface area contributed by atoms with Crippen LogP contribution in [0, 0.1) is 6.92 Å². The number of aryl methyl sites for hydroxylation is 1. The fourth-order valence-electron chi connectivity index (χ4n) is 3.88. The average Bonchev–Trinajstić information content (AvgIpc) is 3.35. The zero-order valence-corrected chi connectivity index (χ0v) is 19.4. The minimum absolute atomic E-state index is 0.00431. The van der Waals surface area contributed by atoms with Crippen LogP contribution in [-0.4, -0.2) is 34.7 Å². The Morgan fingerprint density at radius 3 is 2.29 bits per heavy atom. The molecule has 2 heterocycles. The number of ether oxygens (including phenoxy) is 2. The van der Waals surface area contributed by atoms with Crippen molar-refractivity contribution in [2.24, 2.45) is 0 Å². The highest BCUT2D eigenvalue weighted by molar-refractivity contribution is 6.51. The fourth-order valence-corrected chi connectivity index (χ4v) is 3.88. The zero-order valence-electron chi connectivity index (χ0n) is 19.4. The maximum atomic E-state index is 13.2. The minimum atomic E-state index is -0.897. The number of aliphatic hydroxyl groups excluding tert-OH is 1. The molecule has 1 aliphatic rings. The van der Waals surface area contributed by atoms with E-state index in [4.69, 9.17) is 14.0 Å². The van der Waals surface area contributed by atoms with Gasteiger partial charge in [-0.25, -0.2) is 0 Å². The third-order valence-electron chi connectivity index (χ3n) is 5.31. The van der Waals surface area contributed by atoms with E-state index in [9.17, 15) is 14.7 Å². The summed E-state index contributed by atoms with van der Waals surface area (Å²) >= 11 is 0. The van der Waals surface area contributed by atoms with Crippen molar-refractivity contribution in [1.29, 1.82) is 0 Å². The molecule has 1 atom stereocenters. The third kappa shape index (κ3) is 4.39. The van der Waals surface area contributed by atoms with Crippen molar-refractivity contribution in [1.82, 2.24) is 5.16 Å². The number of hydrogen-bond acceptors (Lipinski definition) is 7. The number of rotatable bonds is 7. The first-order valence-corrected chi connectivity index (χ1v) is 11.0. The highest BCUT2D eigenvalue weighted by atomic mass is 16.5. The summed E-state index contributed by atoms with van der Waals surface area (Å²) in [4.78, 5) is 27.5. The van der Waals surface area contributed by atoms with Gasteiger partial charge in [-0.3, -0.25) is 14.5 Å². The molecule has 0 radical (unpaired) electrons. The smallest absolute Gasteiger partial charge is 0.301 e. The summed E-state index contributed by atoms with van der Waals surface area (Å²) in [6, 6.07) is 14.4. The van der Waals surface area contributed by atoms with Crippen molar-refractivity contribution in [2.45, 2.75) is 39.8 Å². The van der Waals surface area contributed by atoms with Crippen LogP contribution in [0.15, 0.2) is 64.7 Å². The van der Waals surface area contributed by atoms with Crippen LogP contribution < -0.4 is 14.4 Å². The first-order chi connectivity index (χ1) is 16.3. The van der Waals surface area contributed by atoms with Gasteiger partial charge in [0.15, 0.2) is 5.82 Å². The summed E-state index contributed by atoms with van der Waals surface area (Å²) in [7, 11) is 0. The lowest BCUT2D eigenvalue weighted by Crippen LogP contribution is -2.29. The molecule has 8 nitrogen and oxygen atoms in total. The van der Waals surface area contributed by atoms with Crippen LogP contribution in [0.2, 0.25) is 0 Å². The fraction of sp³-hybridized carbons (Fsp3) is 0.269. The molecular weight excluding hydrogens is 436 g/mol. The third-order valence-corrected chi connectivity index (χ3v) is 5.31. The first kappa shape index (κ1) is 23.1. The number of hydrogen-bond donors (Lipinski definition) is 1. The summed E-state index contributed by atoms with van der Waals surface area (Å²) in [6.45, 7) is 7.91. The summed E-state index contributed by atoms with van der Waals surface area (Å²) < 4.78 is 16.3. The van der Waals surface area contributed by atoms with E-state index in [0.717, 1.165) is 0 Å². The Morgan fingerprint density at radius 1 is 1.09 bits per heavy atom. The number of carbonyl (C=O) groups is 2. The molecule has 34 heavy (non-hydrogen) atoms. The lowest BCUT2D eigenvalue weighted by Gasteiger charge is -2.23. The highest BCUT2D eigenvalue weighted by Gasteiger charge is 2.48. The average molecular weight is 463 g/mol. The van der Waals surface area contributed by atoms with Crippen molar-refractivity contribution in [3.8, 4) is 11.5 Å². The molecule has 1 N–H and O–H groups in total. The Balaban J connectivity index is 1.83. The second-order valence-electron chi connectivity index (χ2n) is 8.16. The van der Waals surface area contributed by atoms with Crippen molar-refractivity contribution in [3.63, 3.8) is 0 Å². The second-order valence-corrected chi connectivity index (χ2v) is 8.16. The van der Waals surface area contributed by atoms with Gasteiger partial charge in [0.2, 0.25) is 0 Å². The Labute approximate surface area is 197 Å². The molecule has 0 aliphatic carbocycles. The number of carbonyl (C=O) groups excluding carboxylic acids is 2. The minimum Gasteiger partial charge on any atom is -0.507 e. The number of nitrogens with zero attached hydrogens (tertiary/aromatic N) is 2. The molecule has 1 aromatic heterocycles. The number of anilines is 1. The number of ketones is 1. The van der Waals surface area contributed by atoms with Gasteiger partial charge in [0.05, 0.1) is 24.3 Å². The molecule has 8 heteroatoms. The van der Waals surface area contributed by atoms with E-state index in [1.165, 1.54) is 4.90 Å². The first-order valence-electron chi connectivity index (χ1n) is 11.0. The molecule has 1 aliphatic heterocycles. The molecule has 176 valence electrons. The van der Waals surface area contributed by atoms with Crippen LogP contribution in [0.5, 0.6) is 11.5 Å². The van der Waals surface area contributed by atoms with E-state index in [2.05, 4.69) is 5.16 Å². The van der Waals surface area contributed by atoms with Crippen LogP contribution in [-0.2, 0) is 9.59 Å². The van der Waals surface area contributed by atoms with Gasteiger partial charge in [0.1, 0.15) is 23.0 Å². The Morgan fingerprint density at radius 2 is 1.74 bits per heavy atom. The largest absolute Gasteiger partial charge is 0.507 e. The second kappa shape index (κ2) is 9.43. The Hall–Kier alpha value is -4.07. The summed E-state index contributed by atoms with van der Waals surface area (Å²) in [6.07, 6.45) is -0.00431. The molecule has 2 aromatic carbocycles. The van der Waals surface area contributed by atoms with E-state index >= 15 is 0 Å². The van der Waals surface area contributed by atoms with E-state index in [-0.39, 0.29) is 23.3 Å². The van der Waals surface area contributed by atoms with Crippen LogP contribution >= 0.6 is 0 Å². The molecule has 4 rings (SSSR count). The lowest BCUT2D eigenvalue weighted by molar-refractivity contribution is -0.132. The number of benzene rings is 2. The SMILES string of the molecule is CCOc1ccc([C@H]2C(=C(O)c3ccc(OC(C)C)cc3)C(=O)C(=O)N2c2cc(C)on2)cc1. The van der Waals surface area contributed by atoms with Crippen molar-refractivity contribution in [3.05, 3.63) is 77.1 Å². The van der Waals surface area contributed by atoms with Gasteiger partial charge in [-0.1, -0.05) is 17.3 Å². The van der Waals surface area contributed by atoms with Crippen molar-refractivity contribution < 1.29 is 28.7 Å². The molecule has 0 bridgehead atoms. The Bertz CT molecular complexity index is 1220. The predicted octanol–water partition coefficient (Wildman–Crippen LogP) is 4.80. The Kier molecular flexibility index (Phi) is 6.40. The standard InChI is InChI=1S/C26H26N2O6/c1-5-32-19-10-6-17(7-11-19)23-22(24(29)18-8-12-20(13-9-18)33-15(2)3)25(30)26(31)28(23)21-14-16(4)34-27-21/h6-15,23,29H,5H2,1-4H3/t23-/m0/s1. The molecule has 3 aromatic rings. The zero-order chi connectivity index (χ0) is 24.4. The van der Waals surface area contributed by atoms with Crippen molar-refractivity contribution >= 4 is 23.3 Å². The molecule has 1 fully saturated rings.